The molecule has 1 saturated heterocycles. The van der Waals surface area contributed by atoms with Crippen LogP contribution >= 0.6 is 10.9 Å². The molecule has 1 fully saturated rings. The third kappa shape index (κ3) is 2.05. The van der Waals surface area contributed by atoms with Crippen molar-refractivity contribution in [3.63, 3.8) is 0 Å². The molecule has 0 spiro atoms. The molecule has 1 unspecified atom stereocenters. The van der Waals surface area contributed by atoms with Gasteiger partial charge in [0.2, 0.25) is 0 Å². The highest BCUT2D eigenvalue weighted by molar-refractivity contribution is 8.16. The molecule has 1 aliphatic rings. The van der Waals surface area contributed by atoms with Gasteiger partial charge in [0.05, 0.1) is 0 Å². The molecule has 0 aliphatic carbocycles. The van der Waals surface area contributed by atoms with Crippen LogP contribution in [0.1, 0.15) is 6.42 Å². The van der Waals surface area contributed by atoms with Crippen LogP contribution in [0, 0.1) is 0 Å². The fourth-order valence-corrected chi connectivity index (χ4v) is 2.44. The van der Waals surface area contributed by atoms with Crippen LogP contribution in [-0.2, 0) is 0 Å². The van der Waals surface area contributed by atoms with Crippen LogP contribution < -0.4 is 5.32 Å². The van der Waals surface area contributed by atoms with E-state index in [1.165, 1.54) is 31.0 Å². The van der Waals surface area contributed by atoms with Crippen LogP contribution in [0.15, 0.2) is 0 Å². The second kappa shape index (κ2) is 3.36. The third-order valence-electron chi connectivity index (χ3n) is 1.56. The summed E-state index contributed by atoms with van der Waals surface area (Å²) in [5.41, 5.74) is 0. The fourth-order valence-electron chi connectivity index (χ4n) is 0.981. The van der Waals surface area contributed by atoms with Gasteiger partial charge in [-0.2, -0.15) is 0 Å². The highest BCUT2D eigenvalue weighted by Crippen LogP contribution is 2.20. The van der Waals surface area contributed by atoms with E-state index in [0.717, 1.165) is 0 Å². The Balaban J connectivity index is 2.17. The predicted octanol–water partition coefficient (Wildman–Crippen LogP) is 0.611. The van der Waals surface area contributed by atoms with E-state index in [1.54, 1.807) is 0 Å². The molecule has 8 heavy (non-hydrogen) atoms. The van der Waals surface area contributed by atoms with Crippen molar-refractivity contribution in [2.24, 2.45) is 0 Å². The third-order valence-corrected chi connectivity index (χ3v) is 3.63. The van der Waals surface area contributed by atoms with E-state index in [4.69, 9.17) is 0 Å². The molecule has 0 aromatic rings. The van der Waals surface area contributed by atoms with Gasteiger partial charge in [-0.05, 0) is 30.7 Å². The minimum absolute atomic E-state index is 0.419. The van der Waals surface area contributed by atoms with Gasteiger partial charge >= 0.3 is 0 Å². The van der Waals surface area contributed by atoms with E-state index in [9.17, 15) is 0 Å². The molecule has 0 saturated carbocycles. The highest BCUT2D eigenvalue weighted by Gasteiger charge is 2.00. The number of rotatable bonds is 0. The second-order valence-electron chi connectivity index (χ2n) is 2.41. The highest BCUT2D eigenvalue weighted by atomic mass is 32.2. The summed E-state index contributed by atoms with van der Waals surface area (Å²) in [5.74, 6) is 2.93. The summed E-state index contributed by atoms with van der Waals surface area (Å²) < 4.78 is 0. The van der Waals surface area contributed by atoms with Crippen LogP contribution in [0.4, 0.5) is 0 Å². The molecule has 1 nitrogen and oxygen atoms in total. The Kier molecular flexibility index (Phi) is 2.70. The topological polar surface area (TPSA) is 12.0 Å². The minimum Gasteiger partial charge on any atom is -0.316 e. The van der Waals surface area contributed by atoms with Crippen LogP contribution in [0.3, 0.4) is 0 Å². The van der Waals surface area contributed by atoms with Gasteiger partial charge in [-0.1, -0.05) is 0 Å². The van der Waals surface area contributed by atoms with Crippen molar-refractivity contribution in [3.05, 3.63) is 0 Å². The molecule has 50 valence electrons. The first-order valence-corrected chi connectivity index (χ1v) is 5.45. The zero-order valence-electron chi connectivity index (χ0n) is 5.48. The molecule has 0 radical (unpaired) electrons. The van der Waals surface area contributed by atoms with E-state index < -0.39 is 0 Å². The summed E-state index contributed by atoms with van der Waals surface area (Å²) in [4.78, 5) is 0. The molecular formula is C6H15NS. The Morgan fingerprint density at radius 3 is 3.00 bits per heavy atom. The van der Waals surface area contributed by atoms with E-state index >= 15 is 0 Å². The molecule has 0 bridgehead atoms. The Labute approximate surface area is 54.2 Å². The molecule has 1 heterocycles. The van der Waals surface area contributed by atoms with Gasteiger partial charge in [0.25, 0.3) is 0 Å². The van der Waals surface area contributed by atoms with Crippen molar-refractivity contribution in [1.82, 2.24) is 5.32 Å². The van der Waals surface area contributed by atoms with Crippen molar-refractivity contribution in [1.29, 1.82) is 0 Å². The quantitative estimate of drug-likeness (QED) is 0.461. The molecule has 1 rings (SSSR count). The maximum Gasteiger partial charge on any atom is 0.00253 e. The largest absolute Gasteiger partial charge is 0.316 e. The number of thiol groups is 1. The molecule has 0 amide bonds. The lowest BCUT2D eigenvalue weighted by atomic mass is 10.5. The zero-order chi connectivity index (χ0) is 5.82. The summed E-state index contributed by atoms with van der Waals surface area (Å²) >= 11 is 0. The first-order valence-electron chi connectivity index (χ1n) is 3.29. The molecule has 2 heteroatoms. The average Bonchev–Trinajstić information content (AvgIpc) is 1.94. The smallest absolute Gasteiger partial charge is 0.00253 e. The van der Waals surface area contributed by atoms with Gasteiger partial charge in [0.1, 0.15) is 0 Å². The van der Waals surface area contributed by atoms with Crippen LogP contribution in [0.25, 0.3) is 0 Å². The van der Waals surface area contributed by atoms with Gasteiger partial charge in [-0.15, -0.1) is 0 Å². The van der Waals surface area contributed by atoms with Crippen molar-refractivity contribution in [3.8, 4) is 0 Å². The summed E-state index contributed by atoms with van der Waals surface area (Å²) in [5, 5.41) is 3.39. The lowest BCUT2D eigenvalue weighted by Gasteiger charge is -2.09. The summed E-state index contributed by atoms with van der Waals surface area (Å²) in [7, 11) is 0.419. The SMILES string of the molecule is C[SH]1CCCNCC1. The van der Waals surface area contributed by atoms with Crippen LogP contribution in [-0.4, -0.2) is 30.9 Å². The fraction of sp³-hybridized carbons (Fsp3) is 1.00. The number of hydrogen-bond donors (Lipinski definition) is 2. The summed E-state index contributed by atoms with van der Waals surface area (Å²) in [6.45, 7) is 2.52. The first-order chi connectivity index (χ1) is 3.89. The van der Waals surface area contributed by atoms with E-state index in [-0.39, 0.29) is 0 Å². The molecule has 1 aliphatic heterocycles. The van der Waals surface area contributed by atoms with Crippen LogP contribution in [0.5, 0.6) is 0 Å². The van der Waals surface area contributed by atoms with E-state index in [0.29, 0.717) is 10.9 Å². The van der Waals surface area contributed by atoms with Gasteiger partial charge in [-0.3, -0.25) is 10.9 Å². The van der Waals surface area contributed by atoms with Crippen molar-refractivity contribution in [2.75, 3.05) is 30.9 Å². The second-order valence-corrected chi connectivity index (χ2v) is 5.01. The Morgan fingerprint density at radius 2 is 2.12 bits per heavy atom. The molecular weight excluding hydrogens is 118 g/mol. The summed E-state index contributed by atoms with van der Waals surface area (Å²) in [6, 6.07) is 0. The lowest BCUT2D eigenvalue weighted by Crippen LogP contribution is -2.15. The first kappa shape index (κ1) is 6.43. The monoisotopic (exact) mass is 133 g/mol. The molecule has 0 aromatic carbocycles. The standard InChI is InChI=1S/C6H15NS/c1-8-5-2-3-7-4-6-8/h7-8H,2-6H2,1H3. The van der Waals surface area contributed by atoms with E-state index in [1.807, 2.05) is 0 Å². The summed E-state index contributed by atoms with van der Waals surface area (Å²) in [6.07, 6.45) is 3.81. The maximum atomic E-state index is 3.39. The predicted molar refractivity (Wildman–Crippen MR) is 42.1 cm³/mol. The zero-order valence-corrected chi connectivity index (χ0v) is 6.38. The Hall–Kier alpha value is 0.310. The van der Waals surface area contributed by atoms with Gasteiger partial charge in [0, 0.05) is 6.54 Å². The normalized spacial score (nSPS) is 36.4. The minimum atomic E-state index is 0.419. The van der Waals surface area contributed by atoms with Crippen molar-refractivity contribution in [2.45, 2.75) is 6.42 Å². The Morgan fingerprint density at radius 1 is 1.25 bits per heavy atom. The van der Waals surface area contributed by atoms with E-state index in [2.05, 4.69) is 11.6 Å². The molecule has 1 N–H and O–H groups in total. The van der Waals surface area contributed by atoms with Crippen molar-refractivity contribution < 1.29 is 0 Å². The maximum absolute atomic E-state index is 3.39. The Bertz CT molecular complexity index is 57.5. The lowest BCUT2D eigenvalue weighted by molar-refractivity contribution is 0.724. The van der Waals surface area contributed by atoms with Crippen molar-refractivity contribution >= 4 is 10.9 Å². The van der Waals surface area contributed by atoms with Gasteiger partial charge in [-0.25, -0.2) is 0 Å². The molecule has 1 atom stereocenters. The number of nitrogens with one attached hydrogen (secondary N) is 1. The van der Waals surface area contributed by atoms with Gasteiger partial charge in [0.15, 0.2) is 0 Å². The average molecular weight is 133 g/mol. The number of hydrogen-bond acceptors (Lipinski definition) is 1. The van der Waals surface area contributed by atoms with Crippen LogP contribution in [0.2, 0.25) is 0 Å². The molecule has 0 aromatic heterocycles. The van der Waals surface area contributed by atoms with Gasteiger partial charge < -0.3 is 5.32 Å².